The fourth-order valence-electron chi connectivity index (χ4n) is 2.02. The summed E-state index contributed by atoms with van der Waals surface area (Å²) in [6.07, 6.45) is -1.56. The Morgan fingerprint density at radius 3 is 2.55 bits per heavy atom. The van der Waals surface area contributed by atoms with Crippen molar-refractivity contribution in [3.8, 4) is 11.3 Å². The predicted molar refractivity (Wildman–Crippen MR) is 65.6 cm³/mol. The molecular formula is C14H8F4N2. The molecule has 0 fully saturated rings. The van der Waals surface area contributed by atoms with E-state index in [1.54, 1.807) is 6.07 Å². The van der Waals surface area contributed by atoms with Gasteiger partial charge in [-0.15, -0.1) is 0 Å². The molecule has 0 spiro atoms. The molecule has 1 aromatic carbocycles. The Kier molecular flexibility index (Phi) is 2.74. The molecule has 20 heavy (non-hydrogen) atoms. The zero-order valence-corrected chi connectivity index (χ0v) is 10.0. The lowest BCUT2D eigenvalue weighted by atomic mass is 10.2. The summed E-state index contributed by atoms with van der Waals surface area (Å²) in [6.45, 7) is 0. The quantitative estimate of drug-likeness (QED) is 0.612. The first-order valence-corrected chi connectivity index (χ1v) is 5.76. The van der Waals surface area contributed by atoms with E-state index in [0.717, 1.165) is 6.07 Å². The molecule has 0 aliphatic rings. The number of nitrogens with zero attached hydrogens (tertiary/aromatic N) is 2. The number of hydrogen-bond donors (Lipinski definition) is 0. The van der Waals surface area contributed by atoms with Crippen LogP contribution >= 0.6 is 0 Å². The summed E-state index contributed by atoms with van der Waals surface area (Å²) in [5.74, 6) is -0.462. The fraction of sp³-hybridized carbons (Fsp3) is 0.0714. The summed E-state index contributed by atoms with van der Waals surface area (Å²) in [6, 6.07) is 7.84. The normalized spacial score (nSPS) is 12.0. The average molecular weight is 280 g/mol. The van der Waals surface area contributed by atoms with Gasteiger partial charge in [0.1, 0.15) is 11.5 Å². The van der Waals surface area contributed by atoms with E-state index in [1.807, 2.05) is 0 Å². The molecule has 0 saturated carbocycles. The zero-order chi connectivity index (χ0) is 14.3. The fourth-order valence-corrected chi connectivity index (χ4v) is 2.02. The molecule has 3 aromatic rings. The van der Waals surface area contributed by atoms with E-state index in [4.69, 9.17) is 0 Å². The Morgan fingerprint density at radius 2 is 1.85 bits per heavy atom. The van der Waals surface area contributed by atoms with Crippen LogP contribution in [-0.4, -0.2) is 9.38 Å². The molecule has 2 aromatic heterocycles. The maximum atomic E-state index is 13.2. The van der Waals surface area contributed by atoms with Crippen LogP contribution < -0.4 is 0 Å². The molecule has 0 aliphatic heterocycles. The third-order valence-electron chi connectivity index (χ3n) is 2.91. The minimum Gasteiger partial charge on any atom is -0.306 e. The molecule has 102 valence electrons. The number of halogens is 4. The largest absolute Gasteiger partial charge is 0.419 e. The van der Waals surface area contributed by atoms with Gasteiger partial charge in [0.2, 0.25) is 0 Å². The first-order valence-electron chi connectivity index (χ1n) is 5.76. The minimum absolute atomic E-state index is 0.195. The maximum absolute atomic E-state index is 13.2. The minimum atomic E-state index is -4.48. The number of hydrogen-bond acceptors (Lipinski definition) is 1. The van der Waals surface area contributed by atoms with Gasteiger partial charge in [-0.3, -0.25) is 0 Å². The number of fused-ring (bicyclic) bond motifs is 1. The molecule has 2 nitrogen and oxygen atoms in total. The van der Waals surface area contributed by atoms with Crippen molar-refractivity contribution in [2.45, 2.75) is 6.18 Å². The summed E-state index contributed by atoms with van der Waals surface area (Å²) in [5.41, 5.74) is -0.287. The van der Waals surface area contributed by atoms with Gasteiger partial charge in [-0.1, -0.05) is 12.1 Å². The molecule has 0 N–H and O–H groups in total. The van der Waals surface area contributed by atoms with Crippen LogP contribution in [0, 0.1) is 5.82 Å². The van der Waals surface area contributed by atoms with Crippen LogP contribution in [0.3, 0.4) is 0 Å². The third-order valence-corrected chi connectivity index (χ3v) is 2.91. The highest BCUT2D eigenvalue weighted by Gasteiger charge is 2.33. The Morgan fingerprint density at radius 1 is 1.05 bits per heavy atom. The molecule has 6 heteroatoms. The van der Waals surface area contributed by atoms with Crippen molar-refractivity contribution in [2.24, 2.45) is 0 Å². The van der Waals surface area contributed by atoms with Crippen molar-refractivity contribution in [2.75, 3.05) is 0 Å². The standard InChI is InChI=1S/C14H8F4N2/c15-10-4-1-3-9(7-10)12-8-20-6-2-5-11(13(20)19-12)14(16,17)18/h1-8H. The van der Waals surface area contributed by atoms with Crippen LogP contribution in [0.4, 0.5) is 17.6 Å². The van der Waals surface area contributed by atoms with Crippen LogP contribution in [0.5, 0.6) is 0 Å². The Hall–Kier alpha value is -2.37. The van der Waals surface area contributed by atoms with E-state index in [-0.39, 0.29) is 5.65 Å². The van der Waals surface area contributed by atoms with Crippen LogP contribution in [0.15, 0.2) is 48.8 Å². The van der Waals surface area contributed by atoms with Gasteiger partial charge in [0.05, 0.1) is 11.3 Å². The predicted octanol–water partition coefficient (Wildman–Crippen LogP) is 4.16. The Bertz CT molecular complexity index is 774. The van der Waals surface area contributed by atoms with Gasteiger partial charge >= 0.3 is 6.18 Å². The number of pyridine rings is 1. The van der Waals surface area contributed by atoms with Gasteiger partial charge < -0.3 is 4.40 Å². The highest BCUT2D eigenvalue weighted by molar-refractivity contribution is 5.64. The molecular weight excluding hydrogens is 272 g/mol. The number of benzene rings is 1. The molecule has 2 heterocycles. The lowest BCUT2D eigenvalue weighted by molar-refractivity contribution is -0.136. The second-order valence-corrected chi connectivity index (χ2v) is 4.29. The summed E-state index contributed by atoms with van der Waals surface area (Å²) in [4.78, 5) is 3.97. The molecule has 0 radical (unpaired) electrons. The van der Waals surface area contributed by atoms with Gasteiger partial charge in [0.15, 0.2) is 0 Å². The van der Waals surface area contributed by atoms with Crippen molar-refractivity contribution < 1.29 is 17.6 Å². The molecule has 0 saturated heterocycles. The molecule has 0 aliphatic carbocycles. The van der Waals surface area contributed by atoms with Crippen molar-refractivity contribution in [3.63, 3.8) is 0 Å². The van der Waals surface area contributed by atoms with E-state index in [2.05, 4.69) is 4.98 Å². The monoisotopic (exact) mass is 280 g/mol. The molecule has 0 unspecified atom stereocenters. The Labute approximate surface area is 111 Å². The highest BCUT2D eigenvalue weighted by atomic mass is 19.4. The third kappa shape index (κ3) is 2.13. The second-order valence-electron chi connectivity index (χ2n) is 4.29. The number of rotatable bonds is 1. The molecule has 3 rings (SSSR count). The Balaban J connectivity index is 2.21. The van der Waals surface area contributed by atoms with Crippen molar-refractivity contribution >= 4 is 5.65 Å². The topological polar surface area (TPSA) is 17.3 Å². The molecule has 0 amide bonds. The van der Waals surface area contributed by atoms with Gasteiger partial charge in [0, 0.05) is 18.0 Å². The first kappa shape index (κ1) is 12.7. The van der Waals surface area contributed by atoms with Gasteiger partial charge in [-0.2, -0.15) is 13.2 Å². The molecule has 0 bridgehead atoms. The van der Waals surface area contributed by atoms with E-state index >= 15 is 0 Å². The van der Waals surface area contributed by atoms with Crippen molar-refractivity contribution in [1.82, 2.24) is 9.38 Å². The second kappa shape index (κ2) is 4.33. The smallest absolute Gasteiger partial charge is 0.306 e. The van der Waals surface area contributed by atoms with E-state index in [9.17, 15) is 17.6 Å². The highest BCUT2D eigenvalue weighted by Crippen LogP contribution is 2.33. The zero-order valence-electron chi connectivity index (χ0n) is 10.0. The number of alkyl halides is 3. The lowest BCUT2D eigenvalue weighted by Crippen LogP contribution is -2.07. The number of imidazole rings is 1. The van der Waals surface area contributed by atoms with Crippen LogP contribution in [0.25, 0.3) is 16.9 Å². The van der Waals surface area contributed by atoms with E-state index in [1.165, 1.54) is 41.1 Å². The van der Waals surface area contributed by atoms with Gasteiger partial charge in [-0.25, -0.2) is 9.37 Å². The van der Waals surface area contributed by atoms with Crippen molar-refractivity contribution in [3.05, 3.63) is 60.2 Å². The van der Waals surface area contributed by atoms with E-state index < -0.39 is 17.6 Å². The summed E-state index contributed by atoms with van der Waals surface area (Å²) < 4.78 is 53.1. The van der Waals surface area contributed by atoms with Gasteiger partial charge in [0.25, 0.3) is 0 Å². The number of aromatic nitrogens is 2. The average Bonchev–Trinajstić information content (AvgIpc) is 2.81. The SMILES string of the molecule is Fc1cccc(-c2cn3cccc(C(F)(F)F)c3n2)c1. The van der Waals surface area contributed by atoms with Crippen LogP contribution in [-0.2, 0) is 6.18 Å². The van der Waals surface area contributed by atoms with Gasteiger partial charge in [-0.05, 0) is 24.3 Å². The summed E-state index contributed by atoms with van der Waals surface area (Å²) >= 11 is 0. The van der Waals surface area contributed by atoms with Crippen molar-refractivity contribution in [1.29, 1.82) is 0 Å². The maximum Gasteiger partial charge on any atom is 0.419 e. The summed E-state index contributed by atoms with van der Waals surface area (Å²) in [7, 11) is 0. The van der Waals surface area contributed by atoms with Crippen LogP contribution in [0.2, 0.25) is 0 Å². The lowest BCUT2D eigenvalue weighted by Gasteiger charge is -2.06. The molecule has 0 atom stereocenters. The summed E-state index contributed by atoms with van der Waals surface area (Å²) in [5, 5.41) is 0. The first-order chi connectivity index (χ1) is 9.45. The van der Waals surface area contributed by atoms with E-state index in [0.29, 0.717) is 11.3 Å². The van der Waals surface area contributed by atoms with Crippen LogP contribution in [0.1, 0.15) is 5.56 Å².